The third-order valence-electron chi connectivity index (χ3n) is 2.85. The minimum Gasteiger partial charge on any atom is -0.350 e. The summed E-state index contributed by atoms with van der Waals surface area (Å²) in [6, 6.07) is 5.32. The second-order valence-electron chi connectivity index (χ2n) is 4.61. The molecule has 2 unspecified atom stereocenters. The van der Waals surface area contributed by atoms with E-state index >= 15 is 0 Å². The number of hydrogen-bond acceptors (Lipinski definition) is 4. The van der Waals surface area contributed by atoms with Crippen LogP contribution in [0.3, 0.4) is 0 Å². The van der Waals surface area contributed by atoms with E-state index in [-0.39, 0.29) is 11.9 Å². The Morgan fingerprint density at radius 3 is 2.68 bits per heavy atom. The highest BCUT2D eigenvalue weighted by molar-refractivity contribution is 7.84. The molecule has 5 nitrogen and oxygen atoms in total. The molecule has 4 N–H and O–H groups in total. The van der Waals surface area contributed by atoms with Gasteiger partial charge in [0.15, 0.2) is 0 Å². The summed E-state index contributed by atoms with van der Waals surface area (Å²) in [6.07, 6.45) is 2.37. The second-order valence-corrected chi connectivity index (χ2v) is 6.17. The van der Waals surface area contributed by atoms with Crippen molar-refractivity contribution < 1.29 is 9.00 Å². The average molecular weight is 283 g/mol. The number of aryl methyl sites for hydroxylation is 1. The maximum atomic E-state index is 12.1. The monoisotopic (exact) mass is 283 g/mol. The summed E-state index contributed by atoms with van der Waals surface area (Å²) < 4.78 is 11.0. The van der Waals surface area contributed by atoms with Crippen LogP contribution in [0.2, 0.25) is 0 Å². The molecule has 6 heteroatoms. The molecule has 0 bridgehead atoms. The second kappa shape index (κ2) is 7.25. The van der Waals surface area contributed by atoms with Gasteiger partial charge >= 0.3 is 0 Å². The lowest BCUT2D eigenvalue weighted by Gasteiger charge is -2.14. The van der Waals surface area contributed by atoms with Crippen molar-refractivity contribution >= 4 is 22.4 Å². The number of anilines is 1. The Kier molecular flexibility index (Phi) is 5.98. The maximum Gasteiger partial charge on any atom is 0.251 e. The normalized spacial score (nSPS) is 13.7. The van der Waals surface area contributed by atoms with Crippen LogP contribution in [0.25, 0.3) is 0 Å². The SMILES string of the molecule is Cc1cc(NN)ccc1C(=O)NC(C)CCS(C)=O. The third-order valence-corrected chi connectivity index (χ3v) is 3.66. The smallest absolute Gasteiger partial charge is 0.251 e. The topological polar surface area (TPSA) is 84.2 Å². The van der Waals surface area contributed by atoms with Crippen LogP contribution >= 0.6 is 0 Å². The summed E-state index contributed by atoms with van der Waals surface area (Å²) in [6.45, 7) is 3.78. The van der Waals surface area contributed by atoms with E-state index in [0.29, 0.717) is 17.7 Å². The molecule has 0 fully saturated rings. The fourth-order valence-corrected chi connectivity index (χ4v) is 2.41. The molecule has 0 saturated carbocycles. The van der Waals surface area contributed by atoms with Crippen molar-refractivity contribution in [2.75, 3.05) is 17.4 Å². The number of hydrazine groups is 1. The first-order valence-corrected chi connectivity index (χ1v) is 7.85. The number of nitrogens with two attached hydrogens (primary N) is 1. The van der Waals surface area contributed by atoms with Crippen LogP contribution in [0.4, 0.5) is 5.69 Å². The molecule has 1 amide bonds. The van der Waals surface area contributed by atoms with Gasteiger partial charge in [0.1, 0.15) is 0 Å². The molecule has 0 aliphatic carbocycles. The summed E-state index contributed by atoms with van der Waals surface area (Å²) in [5, 5.41) is 2.90. The van der Waals surface area contributed by atoms with Crippen molar-refractivity contribution in [2.24, 2.45) is 5.84 Å². The standard InChI is InChI=1S/C13H21N3O2S/c1-9-8-11(16-14)4-5-12(9)13(17)15-10(2)6-7-19(3)18/h4-5,8,10,16H,6-7,14H2,1-3H3,(H,15,17). The van der Waals surface area contributed by atoms with Gasteiger partial charge in [0.25, 0.3) is 5.91 Å². The van der Waals surface area contributed by atoms with Crippen molar-refractivity contribution in [3.8, 4) is 0 Å². The minimum absolute atomic E-state index is 0.00288. The number of nitrogens with one attached hydrogen (secondary N) is 2. The Morgan fingerprint density at radius 2 is 2.16 bits per heavy atom. The zero-order valence-corrected chi connectivity index (χ0v) is 12.3. The molecule has 1 aromatic rings. The molecule has 0 aliphatic rings. The maximum absolute atomic E-state index is 12.1. The highest BCUT2D eigenvalue weighted by Gasteiger charge is 2.12. The lowest BCUT2D eigenvalue weighted by atomic mass is 10.1. The highest BCUT2D eigenvalue weighted by atomic mass is 32.2. The Hall–Kier alpha value is -1.40. The Morgan fingerprint density at radius 1 is 1.47 bits per heavy atom. The molecule has 1 aromatic carbocycles. The molecule has 0 spiro atoms. The molecular weight excluding hydrogens is 262 g/mol. The van der Waals surface area contributed by atoms with Gasteiger partial charge in [-0.1, -0.05) is 0 Å². The molecule has 1 rings (SSSR count). The van der Waals surface area contributed by atoms with Crippen molar-refractivity contribution in [2.45, 2.75) is 26.3 Å². The van der Waals surface area contributed by atoms with Gasteiger partial charge in [-0.05, 0) is 44.0 Å². The van der Waals surface area contributed by atoms with E-state index in [1.54, 1.807) is 18.4 Å². The predicted octanol–water partition coefficient (Wildman–Crippen LogP) is 1.17. The van der Waals surface area contributed by atoms with Gasteiger partial charge in [0, 0.05) is 40.1 Å². The van der Waals surface area contributed by atoms with E-state index in [0.717, 1.165) is 11.3 Å². The average Bonchev–Trinajstić information content (AvgIpc) is 2.35. The Labute approximate surface area is 116 Å². The van der Waals surface area contributed by atoms with E-state index in [4.69, 9.17) is 5.84 Å². The molecule has 19 heavy (non-hydrogen) atoms. The largest absolute Gasteiger partial charge is 0.350 e. The van der Waals surface area contributed by atoms with Gasteiger partial charge < -0.3 is 10.7 Å². The number of benzene rings is 1. The van der Waals surface area contributed by atoms with Crippen LogP contribution in [0.1, 0.15) is 29.3 Å². The molecule has 0 saturated heterocycles. The van der Waals surface area contributed by atoms with E-state index in [9.17, 15) is 9.00 Å². The number of amides is 1. The zero-order chi connectivity index (χ0) is 14.4. The lowest BCUT2D eigenvalue weighted by Crippen LogP contribution is -2.33. The van der Waals surface area contributed by atoms with Gasteiger partial charge in [0.05, 0.1) is 0 Å². The number of nitrogen functional groups attached to an aromatic ring is 1. The fraction of sp³-hybridized carbons (Fsp3) is 0.462. The van der Waals surface area contributed by atoms with Gasteiger partial charge in [-0.2, -0.15) is 0 Å². The van der Waals surface area contributed by atoms with Crippen LogP contribution in [-0.4, -0.2) is 28.2 Å². The third kappa shape index (κ3) is 5.00. The first kappa shape index (κ1) is 15.7. The summed E-state index contributed by atoms with van der Waals surface area (Å²) in [5.74, 6) is 5.79. The molecule has 0 heterocycles. The lowest BCUT2D eigenvalue weighted by molar-refractivity contribution is 0.0939. The summed E-state index contributed by atoms with van der Waals surface area (Å²) in [5.41, 5.74) is 4.80. The molecule has 2 atom stereocenters. The van der Waals surface area contributed by atoms with Crippen molar-refractivity contribution in [1.29, 1.82) is 0 Å². The number of rotatable bonds is 6. The first-order valence-electron chi connectivity index (χ1n) is 6.12. The highest BCUT2D eigenvalue weighted by Crippen LogP contribution is 2.14. The van der Waals surface area contributed by atoms with Crippen LogP contribution in [0, 0.1) is 6.92 Å². The quantitative estimate of drug-likeness (QED) is 0.540. The Balaban J connectivity index is 2.65. The Bertz CT molecular complexity index is 477. The summed E-state index contributed by atoms with van der Waals surface area (Å²) in [4.78, 5) is 12.1. The minimum atomic E-state index is -0.828. The summed E-state index contributed by atoms with van der Waals surface area (Å²) in [7, 11) is -0.828. The van der Waals surface area contributed by atoms with Crippen molar-refractivity contribution in [3.05, 3.63) is 29.3 Å². The van der Waals surface area contributed by atoms with Crippen molar-refractivity contribution in [3.63, 3.8) is 0 Å². The van der Waals surface area contributed by atoms with Crippen LogP contribution in [-0.2, 0) is 10.8 Å². The van der Waals surface area contributed by atoms with Gasteiger partial charge in [-0.3, -0.25) is 14.8 Å². The van der Waals surface area contributed by atoms with Crippen LogP contribution in [0.5, 0.6) is 0 Å². The van der Waals surface area contributed by atoms with E-state index in [1.165, 1.54) is 0 Å². The molecule has 106 valence electrons. The van der Waals surface area contributed by atoms with E-state index in [1.807, 2.05) is 19.9 Å². The first-order chi connectivity index (χ1) is 8.93. The predicted molar refractivity (Wildman–Crippen MR) is 79.5 cm³/mol. The molecular formula is C13H21N3O2S. The van der Waals surface area contributed by atoms with Gasteiger partial charge in [-0.15, -0.1) is 0 Å². The van der Waals surface area contributed by atoms with Crippen molar-refractivity contribution in [1.82, 2.24) is 5.32 Å². The molecule has 0 aromatic heterocycles. The zero-order valence-electron chi connectivity index (χ0n) is 11.5. The van der Waals surface area contributed by atoms with Gasteiger partial charge in [0.2, 0.25) is 0 Å². The van der Waals surface area contributed by atoms with Crippen LogP contribution in [0.15, 0.2) is 18.2 Å². The molecule has 0 radical (unpaired) electrons. The fourth-order valence-electron chi connectivity index (χ4n) is 1.72. The number of carbonyl (C=O) groups is 1. The summed E-state index contributed by atoms with van der Waals surface area (Å²) >= 11 is 0. The molecule has 0 aliphatic heterocycles. The number of hydrogen-bond donors (Lipinski definition) is 3. The van der Waals surface area contributed by atoms with E-state index in [2.05, 4.69) is 10.7 Å². The van der Waals surface area contributed by atoms with Crippen LogP contribution < -0.4 is 16.6 Å². The van der Waals surface area contributed by atoms with Gasteiger partial charge in [-0.25, -0.2) is 0 Å². The van der Waals surface area contributed by atoms with E-state index < -0.39 is 10.8 Å². The number of carbonyl (C=O) groups excluding carboxylic acids is 1.